The van der Waals surface area contributed by atoms with Gasteiger partial charge in [-0.3, -0.25) is 4.90 Å². The number of ether oxygens (including phenoxy) is 1. The zero-order valence-electron chi connectivity index (χ0n) is 11.1. The summed E-state index contributed by atoms with van der Waals surface area (Å²) < 4.78 is 5.40. The minimum atomic E-state index is -0.520. The topological polar surface area (TPSA) is 59.0 Å². The van der Waals surface area contributed by atoms with E-state index >= 15 is 0 Å². The Balaban J connectivity index is 2.09. The molecular weight excluding hydrogens is 252 g/mol. The van der Waals surface area contributed by atoms with E-state index in [1.54, 1.807) is 16.7 Å². The van der Waals surface area contributed by atoms with Gasteiger partial charge in [0.05, 0.1) is 12.1 Å². The number of carbonyl (C=O) groups excluding carboxylic acids is 1. The minimum Gasteiger partial charge on any atom is -0.444 e. The molecular formula is C12H18N2O3S. The molecule has 1 aliphatic carbocycles. The molecule has 100 valence electrons. The van der Waals surface area contributed by atoms with Crippen molar-refractivity contribution >= 4 is 17.9 Å². The van der Waals surface area contributed by atoms with E-state index in [1.807, 2.05) is 27.0 Å². The first-order valence-electron chi connectivity index (χ1n) is 5.96. The van der Waals surface area contributed by atoms with E-state index in [0.29, 0.717) is 0 Å². The lowest BCUT2D eigenvalue weighted by molar-refractivity contribution is 0.0203. The van der Waals surface area contributed by atoms with Crippen molar-refractivity contribution in [1.29, 1.82) is 0 Å². The number of likely N-dealkylation sites (tertiary alicyclic amines) is 1. The van der Waals surface area contributed by atoms with Crippen LogP contribution < -0.4 is 0 Å². The number of rotatable bonds is 3. The van der Waals surface area contributed by atoms with E-state index in [4.69, 9.17) is 4.74 Å². The number of amides is 1. The van der Waals surface area contributed by atoms with Gasteiger partial charge in [0.2, 0.25) is 0 Å². The predicted octanol–water partition coefficient (Wildman–Crippen LogP) is 2.76. The predicted molar refractivity (Wildman–Crippen MR) is 71.5 cm³/mol. The summed E-state index contributed by atoms with van der Waals surface area (Å²) >= 11 is 1.66. The molecule has 0 bridgehead atoms. The Labute approximate surface area is 111 Å². The van der Waals surface area contributed by atoms with Gasteiger partial charge < -0.3 is 4.74 Å². The van der Waals surface area contributed by atoms with Crippen LogP contribution in [0.15, 0.2) is 15.7 Å². The molecule has 5 nitrogen and oxygen atoms in total. The average Bonchev–Trinajstić information content (AvgIpc) is 2.76. The lowest BCUT2D eigenvalue weighted by Crippen LogP contribution is -2.43. The van der Waals surface area contributed by atoms with Gasteiger partial charge >= 0.3 is 6.09 Å². The maximum Gasteiger partial charge on any atom is 0.411 e. The van der Waals surface area contributed by atoms with Gasteiger partial charge in [0, 0.05) is 4.91 Å². The van der Waals surface area contributed by atoms with E-state index in [2.05, 4.69) is 5.18 Å². The van der Waals surface area contributed by atoms with Crippen LogP contribution in [0.4, 0.5) is 4.79 Å². The molecule has 2 aliphatic rings. The van der Waals surface area contributed by atoms with Crippen molar-refractivity contribution in [2.45, 2.75) is 44.9 Å². The molecule has 1 saturated heterocycles. The largest absolute Gasteiger partial charge is 0.444 e. The zero-order valence-corrected chi connectivity index (χ0v) is 11.9. The van der Waals surface area contributed by atoms with Crippen molar-refractivity contribution in [3.63, 3.8) is 0 Å². The lowest BCUT2D eigenvalue weighted by atomic mass is 10.2. The van der Waals surface area contributed by atoms with Gasteiger partial charge in [-0.25, -0.2) is 4.79 Å². The van der Waals surface area contributed by atoms with Gasteiger partial charge in [-0.2, -0.15) is 4.91 Å². The van der Waals surface area contributed by atoms with Crippen LogP contribution in [0.1, 0.15) is 27.2 Å². The number of carbonyl (C=O) groups is 1. The van der Waals surface area contributed by atoms with Crippen LogP contribution in [-0.4, -0.2) is 41.5 Å². The summed E-state index contributed by atoms with van der Waals surface area (Å²) in [6.45, 7) is 5.65. The number of hydrogen-bond donors (Lipinski definition) is 0. The van der Waals surface area contributed by atoms with Crippen LogP contribution >= 0.6 is 11.8 Å². The lowest BCUT2D eigenvalue weighted by Gasteiger charge is -2.29. The molecule has 0 spiro atoms. The van der Waals surface area contributed by atoms with Crippen molar-refractivity contribution in [2.75, 3.05) is 12.8 Å². The quantitative estimate of drug-likeness (QED) is 0.740. The van der Waals surface area contributed by atoms with Gasteiger partial charge in [-0.15, -0.1) is 11.8 Å². The van der Waals surface area contributed by atoms with Gasteiger partial charge in [0.15, 0.2) is 0 Å². The molecule has 18 heavy (non-hydrogen) atoms. The summed E-state index contributed by atoms with van der Waals surface area (Å²) in [6.07, 6.45) is 2.41. The first-order chi connectivity index (χ1) is 8.39. The molecule has 2 unspecified atom stereocenters. The summed E-state index contributed by atoms with van der Waals surface area (Å²) in [5, 5.41) is 2.92. The van der Waals surface area contributed by atoms with Crippen molar-refractivity contribution < 1.29 is 9.53 Å². The fraction of sp³-hybridized carbons (Fsp3) is 0.750. The Morgan fingerprint density at radius 1 is 1.56 bits per heavy atom. The zero-order chi connectivity index (χ0) is 13.5. The van der Waals surface area contributed by atoms with Crippen molar-refractivity contribution in [1.82, 2.24) is 4.90 Å². The maximum absolute atomic E-state index is 12.2. The number of fused-ring (bicyclic) bond motifs is 1. The number of thioether (sulfide) groups is 1. The van der Waals surface area contributed by atoms with Gasteiger partial charge in [0.1, 0.15) is 12.1 Å². The Morgan fingerprint density at radius 2 is 2.22 bits per heavy atom. The van der Waals surface area contributed by atoms with Gasteiger partial charge in [-0.05, 0) is 39.0 Å². The molecule has 0 aromatic rings. The normalized spacial score (nSPS) is 26.1. The van der Waals surface area contributed by atoms with Crippen LogP contribution in [0.2, 0.25) is 0 Å². The third-order valence-corrected chi connectivity index (χ3v) is 3.97. The first-order valence-corrected chi connectivity index (χ1v) is 7.19. The summed E-state index contributed by atoms with van der Waals surface area (Å²) in [4.78, 5) is 25.5. The van der Waals surface area contributed by atoms with E-state index < -0.39 is 5.60 Å². The maximum atomic E-state index is 12.2. The Hall–Kier alpha value is -1.04. The number of hydrogen-bond acceptors (Lipinski definition) is 5. The highest BCUT2D eigenvalue weighted by molar-refractivity contribution is 8.02. The molecule has 0 saturated carbocycles. The van der Waals surface area contributed by atoms with Crippen LogP contribution in [0.5, 0.6) is 0 Å². The molecule has 2 atom stereocenters. The molecule has 1 aliphatic heterocycles. The molecule has 0 aromatic heterocycles. The van der Waals surface area contributed by atoms with E-state index in [0.717, 1.165) is 6.42 Å². The van der Waals surface area contributed by atoms with Gasteiger partial charge in [-0.1, -0.05) is 5.18 Å². The Bertz CT molecular complexity index is 414. The summed E-state index contributed by atoms with van der Waals surface area (Å²) in [5.74, 6) is 0. The second-order valence-corrected chi connectivity index (χ2v) is 6.40. The fourth-order valence-corrected chi connectivity index (χ4v) is 3.23. The highest BCUT2D eigenvalue weighted by atomic mass is 32.2. The van der Waals surface area contributed by atoms with Crippen LogP contribution in [0, 0.1) is 4.91 Å². The number of nitroso groups, excluding NO2 is 1. The summed E-state index contributed by atoms with van der Waals surface area (Å²) in [6, 6.07) is -0.0603. The SMILES string of the molecule is CSC1=C2CC(CN=O)N(C(=O)OC(C)(C)C)C21. The Kier molecular flexibility index (Phi) is 3.40. The van der Waals surface area contributed by atoms with E-state index in [-0.39, 0.29) is 24.7 Å². The van der Waals surface area contributed by atoms with Crippen molar-refractivity contribution in [3.8, 4) is 0 Å². The van der Waals surface area contributed by atoms with Crippen molar-refractivity contribution in [3.05, 3.63) is 15.4 Å². The molecule has 6 heteroatoms. The molecule has 0 aromatic carbocycles. The molecule has 1 fully saturated rings. The van der Waals surface area contributed by atoms with Crippen molar-refractivity contribution in [2.24, 2.45) is 5.18 Å². The number of nitrogens with zero attached hydrogens (tertiary/aromatic N) is 2. The van der Waals surface area contributed by atoms with E-state index in [9.17, 15) is 9.70 Å². The third-order valence-electron chi connectivity index (χ3n) is 3.05. The summed E-state index contributed by atoms with van der Waals surface area (Å²) in [5.41, 5.74) is 0.745. The monoisotopic (exact) mass is 270 g/mol. The molecule has 1 heterocycles. The van der Waals surface area contributed by atoms with Gasteiger partial charge in [0.25, 0.3) is 0 Å². The van der Waals surface area contributed by atoms with Crippen LogP contribution in [0.3, 0.4) is 0 Å². The van der Waals surface area contributed by atoms with Crippen LogP contribution in [-0.2, 0) is 4.74 Å². The second-order valence-electron chi connectivity index (χ2n) is 5.55. The molecule has 0 radical (unpaired) electrons. The highest BCUT2D eigenvalue weighted by Gasteiger charge is 2.53. The second kappa shape index (κ2) is 4.57. The highest BCUT2D eigenvalue weighted by Crippen LogP contribution is 2.52. The van der Waals surface area contributed by atoms with Crippen LogP contribution in [0.25, 0.3) is 0 Å². The standard InChI is InChI=1S/C12H18N2O3S/c1-12(2,3)17-11(15)14-7(6-13-16)5-8-9(14)10(8)18-4/h7,9H,5-6H2,1-4H3. The summed E-state index contributed by atoms with van der Waals surface area (Å²) in [7, 11) is 0. The molecule has 1 amide bonds. The third kappa shape index (κ3) is 2.39. The molecule has 0 N–H and O–H groups in total. The Morgan fingerprint density at radius 3 is 2.72 bits per heavy atom. The average molecular weight is 270 g/mol. The van der Waals surface area contributed by atoms with E-state index in [1.165, 1.54) is 10.5 Å². The first kappa shape index (κ1) is 13.4. The smallest absolute Gasteiger partial charge is 0.411 e. The fourth-order valence-electron chi connectivity index (χ4n) is 2.35. The minimum absolute atomic E-state index is 0.0709. The molecule has 2 rings (SSSR count).